The second-order valence-electron chi connectivity index (χ2n) is 3.23. The van der Waals surface area contributed by atoms with Crippen molar-refractivity contribution in [3.63, 3.8) is 0 Å². The lowest BCUT2D eigenvalue weighted by molar-refractivity contribution is 0.0597. The number of benzene rings is 1. The van der Waals surface area contributed by atoms with Crippen LogP contribution in [0.3, 0.4) is 0 Å². The van der Waals surface area contributed by atoms with Crippen molar-refractivity contribution < 1.29 is 14.6 Å². The predicted molar refractivity (Wildman–Crippen MR) is 61.7 cm³/mol. The molecule has 1 rings (SSSR count). The summed E-state index contributed by atoms with van der Waals surface area (Å²) in [6.07, 6.45) is 0.816. The Bertz CT molecular complexity index is 374. The van der Waals surface area contributed by atoms with E-state index in [1.165, 1.54) is 7.11 Å². The lowest BCUT2D eigenvalue weighted by Crippen LogP contribution is -2.04. The van der Waals surface area contributed by atoms with Crippen LogP contribution >= 0.6 is 15.9 Å². The van der Waals surface area contributed by atoms with Gasteiger partial charge in [-0.15, -0.1) is 0 Å². The second kappa shape index (κ2) is 5.16. The average molecular weight is 273 g/mol. The van der Waals surface area contributed by atoms with E-state index < -0.39 is 5.97 Å². The fraction of sp³-hybridized carbons (Fsp3) is 0.364. The van der Waals surface area contributed by atoms with Crippen LogP contribution in [-0.2, 0) is 11.2 Å². The maximum absolute atomic E-state index is 11.3. The number of aromatic hydroxyl groups is 1. The maximum Gasteiger partial charge on any atom is 0.341 e. The van der Waals surface area contributed by atoms with Crippen LogP contribution in [0.4, 0.5) is 0 Å². The second-order valence-corrected chi connectivity index (χ2v) is 4.02. The molecule has 0 saturated carbocycles. The Morgan fingerprint density at radius 1 is 1.53 bits per heavy atom. The Kier molecular flexibility index (Phi) is 4.15. The molecule has 0 atom stereocenters. The highest BCUT2D eigenvalue weighted by molar-refractivity contribution is 9.09. The number of methoxy groups -OCH3 is 1. The number of hydrogen-bond donors (Lipinski definition) is 1. The molecule has 0 bridgehead atoms. The first-order valence-electron chi connectivity index (χ1n) is 4.57. The summed E-state index contributed by atoms with van der Waals surface area (Å²) >= 11 is 3.34. The molecule has 0 unspecified atom stereocenters. The molecular weight excluding hydrogens is 260 g/mol. The van der Waals surface area contributed by atoms with Crippen LogP contribution in [0.25, 0.3) is 0 Å². The van der Waals surface area contributed by atoms with Gasteiger partial charge in [-0.3, -0.25) is 0 Å². The van der Waals surface area contributed by atoms with Crippen LogP contribution in [0.5, 0.6) is 5.75 Å². The summed E-state index contributed by atoms with van der Waals surface area (Å²) < 4.78 is 4.58. The van der Waals surface area contributed by atoms with E-state index in [0.29, 0.717) is 0 Å². The molecule has 1 aromatic rings. The molecule has 0 aromatic heterocycles. The molecule has 0 aliphatic heterocycles. The van der Waals surface area contributed by atoms with Gasteiger partial charge in [0.15, 0.2) is 0 Å². The zero-order chi connectivity index (χ0) is 11.4. The van der Waals surface area contributed by atoms with E-state index in [1.54, 1.807) is 12.1 Å². The summed E-state index contributed by atoms with van der Waals surface area (Å²) in [6, 6.07) is 3.27. The third-order valence-electron chi connectivity index (χ3n) is 2.22. The molecular formula is C11H13BrO3. The first-order valence-corrected chi connectivity index (χ1v) is 5.69. The van der Waals surface area contributed by atoms with E-state index in [1.807, 2.05) is 6.92 Å². The molecule has 0 amide bonds. The Hall–Kier alpha value is -1.03. The van der Waals surface area contributed by atoms with E-state index >= 15 is 0 Å². The Balaban J connectivity index is 3.17. The van der Waals surface area contributed by atoms with Gasteiger partial charge in [0, 0.05) is 5.33 Å². The fourth-order valence-corrected chi connectivity index (χ4v) is 1.81. The van der Waals surface area contributed by atoms with Crippen LogP contribution in [-0.4, -0.2) is 23.5 Å². The molecule has 1 N–H and O–H groups in total. The van der Waals surface area contributed by atoms with Gasteiger partial charge >= 0.3 is 5.97 Å². The van der Waals surface area contributed by atoms with Crippen molar-refractivity contribution in [1.29, 1.82) is 0 Å². The van der Waals surface area contributed by atoms with Crippen molar-refractivity contribution in [2.24, 2.45) is 0 Å². The number of carbonyl (C=O) groups is 1. The fourth-order valence-electron chi connectivity index (χ4n) is 1.38. The summed E-state index contributed by atoms with van der Waals surface area (Å²) in [5.41, 5.74) is 2.23. The third kappa shape index (κ3) is 2.72. The van der Waals surface area contributed by atoms with Gasteiger partial charge in [-0.2, -0.15) is 0 Å². The lowest BCUT2D eigenvalue weighted by Gasteiger charge is -2.08. The highest BCUT2D eigenvalue weighted by Crippen LogP contribution is 2.23. The Morgan fingerprint density at radius 3 is 2.73 bits per heavy atom. The zero-order valence-electron chi connectivity index (χ0n) is 8.71. The van der Waals surface area contributed by atoms with Gasteiger partial charge in [0.25, 0.3) is 0 Å². The minimum Gasteiger partial charge on any atom is -0.507 e. The van der Waals surface area contributed by atoms with Gasteiger partial charge < -0.3 is 9.84 Å². The first kappa shape index (κ1) is 12.0. The highest BCUT2D eigenvalue weighted by atomic mass is 79.9. The van der Waals surface area contributed by atoms with E-state index in [0.717, 1.165) is 22.9 Å². The van der Waals surface area contributed by atoms with Crippen molar-refractivity contribution in [1.82, 2.24) is 0 Å². The molecule has 0 aliphatic rings. The number of rotatable bonds is 3. The van der Waals surface area contributed by atoms with E-state index in [9.17, 15) is 9.90 Å². The standard InChI is InChI=1S/C11H13BrO3/c1-7-5-10(13)9(11(14)15-2)6-8(7)3-4-12/h5-6,13H,3-4H2,1-2H3. The minimum atomic E-state index is -0.511. The SMILES string of the molecule is COC(=O)c1cc(CCBr)c(C)cc1O. The van der Waals surface area contributed by atoms with Gasteiger partial charge in [-0.05, 0) is 36.6 Å². The highest BCUT2D eigenvalue weighted by Gasteiger charge is 2.13. The molecule has 0 fully saturated rings. The molecule has 82 valence electrons. The topological polar surface area (TPSA) is 46.5 Å². The summed E-state index contributed by atoms with van der Waals surface area (Å²) in [5, 5.41) is 10.4. The number of ether oxygens (including phenoxy) is 1. The van der Waals surface area contributed by atoms with Gasteiger partial charge in [-0.1, -0.05) is 15.9 Å². The van der Waals surface area contributed by atoms with Gasteiger partial charge in [0.1, 0.15) is 11.3 Å². The van der Waals surface area contributed by atoms with Crippen LogP contribution < -0.4 is 0 Å². The monoisotopic (exact) mass is 272 g/mol. The minimum absolute atomic E-state index is 0.0299. The number of halogens is 1. The number of carbonyl (C=O) groups excluding carboxylic acids is 1. The smallest absolute Gasteiger partial charge is 0.341 e. The number of alkyl halides is 1. The van der Waals surface area contributed by atoms with Crippen molar-refractivity contribution in [3.8, 4) is 5.75 Å². The largest absolute Gasteiger partial charge is 0.507 e. The summed E-state index contributed by atoms with van der Waals surface area (Å²) in [6.45, 7) is 1.90. The van der Waals surface area contributed by atoms with Gasteiger partial charge in [-0.25, -0.2) is 4.79 Å². The lowest BCUT2D eigenvalue weighted by atomic mass is 10.0. The Labute approximate surface area is 97.2 Å². The summed E-state index contributed by atoms with van der Waals surface area (Å²) in [4.78, 5) is 11.3. The molecule has 0 heterocycles. The molecule has 4 heteroatoms. The predicted octanol–water partition coefficient (Wildman–Crippen LogP) is 2.42. The molecule has 0 saturated heterocycles. The number of phenolic OH excluding ortho intramolecular Hbond substituents is 1. The quantitative estimate of drug-likeness (QED) is 0.679. The molecule has 0 radical (unpaired) electrons. The summed E-state index contributed by atoms with van der Waals surface area (Å²) in [5.74, 6) is -0.541. The molecule has 1 aromatic carbocycles. The first-order chi connectivity index (χ1) is 7.10. The zero-order valence-corrected chi connectivity index (χ0v) is 10.3. The normalized spacial score (nSPS) is 10.1. The molecule has 3 nitrogen and oxygen atoms in total. The van der Waals surface area contributed by atoms with Crippen molar-refractivity contribution in [3.05, 3.63) is 28.8 Å². The number of hydrogen-bond acceptors (Lipinski definition) is 3. The summed E-state index contributed by atoms with van der Waals surface area (Å²) in [7, 11) is 1.30. The van der Waals surface area contributed by atoms with Crippen molar-refractivity contribution in [2.45, 2.75) is 13.3 Å². The third-order valence-corrected chi connectivity index (χ3v) is 2.62. The Morgan fingerprint density at radius 2 is 2.20 bits per heavy atom. The van der Waals surface area contributed by atoms with E-state index in [2.05, 4.69) is 20.7 Å². The van der Waals surface area contributed by atoms with E-state index in [-0.39, 0.29) is 11.3 Å². The maximum atomic E-state index is 11.3. The average Bonchev–Trinajstić information content (AvgIpc) is 2.21. The van der Waals surface area contributed by atoms with Crippen molar-refractivity contribution >= 4 is 21.9 Å². The van der Waals surface area contributed by atoms with E-state index in [4.69, 9.17) is 0 Å². The van der Waals surface area contributed by atoms with Crippen LogP contribution in [0.2, 0.25) is 0 Å². The van der Waals surface area contributed by atoms with Crippen molar-refractivity contribution in [2.75, 3.05) is 12.4 Å². The molecule has 15 heavy (non-hydrogen) atoms. The van der Waals surface area contributed by atoms with Gasteiger partial charge in [0.2, 0.25) is 0 Å². The number of phenols is 1. The number of aryl methyl sites for hydroxylation is 2. The number of esters is 1. The molecule has 0 spiro atoms. The van der Waals surface area contributed by atoms with Gasteiger partial charge in [0.05, 0.1) is 7.11 Å². The van der Waals surface area contributed by atoms with Crippen LogP contribution in [0.15, 0.2) is 12.1 Å². The molecule has 0 aliphatic carbocycles. The van der Waals surface area contributed by atoms with Crippen LogP contribution in [0, 0.1) is 6.92 Å². The van der Waals surface area contributed by atoms with Crippen LogP contribution in [0.1, 0.15) is 21.5 Å².